The van der Waals surface area contributed by atoms with Crippen LogP contribution in [0.25, 0.3) is 0 Å². The minimum absolute atomic E-state index is 0.451. The Morgan fingerprint density at radius 1 is 0.815 bits per heavy atom. The van der Waals surface area contributed by atoms with E-state index in [4.69, 9.17) is 9.84 Å². The summed E-state index contributed by atoms with van der Waals surface area (Å²) in [6, 6.07) is 0. The summed E-state index contributed by atoms with van der Waals surface area (Å²) >= 11 is 0. The number of hydrogen-bond acceptors (Lipinski definition) is 2. The summed E-state index contributed by atoms with van der Waals surface area (Å²) in [5.41, 5.74) is 0. The lowest BCUT2D eigenvalue weighted by molar-refractivity contribution is -0.150. The highest BCUT2D eigenvalue weighted by molar-refractivity contribution is 5.72. The number of carboxylic acids is 1. The van der Waals surface area contributed by atoms with Crippen LogP contribution < -0.4 is 0 Å². The van der Waals surface area contributed by atoms with Gasteiger partial charge in [0.2, 0.25) is 0 Å². The molecule has 0 aromatic heterocycles. The van der Waals surface area contributed by atoms with Crippen LogP contribution in [-0.4, -0.2) is 23.8 Å². The average Bonchev–Trinajstić information content (AvgIpc) is 2.66. The van der Waals surface area contributed by atoms with Crippen molar-refractivity contribution in [2.45, 2.75) is 77.7 Å². The van der Waals surface area contributed by atoms with Gasteiger partial charge in [-0.2, -0.15) is 0 Å². The molecule has 0 saturated heterocycles. The molecule has 0 radical (unpaired) electrons. The first-order valence-corrected chi connectivity index (χ1v) is 10.3. The van der Waals surface area contributed by atoms with E-state index < -0.39 is 12.1 Å². The van der Waals surface area contributed by atoms with E-state index in [2.05, 4.69) is 55.5 Å². The first-order valence-electron chi connectivity index (χ1n) is 10.3. The van der Waals surface area contributed by atoms with Gasteiger partial charge in [0.15, 0.2) is 6.10 Å². The van der Waals surface area contributed by atoms with E-state index in [0.717, 1.165) is 38.5 Å². The molecule has 152 valence electrons. The molecule has 0 aliphatic rings. The standard InChI is InChI=1S/C24H38O3/c1-3-5-6-7-8-9-10-11-12-13-14-15-16-17-18-19-20-21-22-27-23(4-2)24(25)26/h5-6,8-9,11-12,17-20,23H,3-4,7,10,13-16,21-22H2,1-2H3,(H,25,26)/b6-5-,9-8-,12-11-,18-17-,20-19?. The summed E-state index contributed by atoms with van der Waals surface area (Å²) in [6.45, 7) is 4.42. The summed E-state index contributed by atoms with van der Waals surface area (Å²) < 4.78 is 5.29. The Morgan fingerprint density at radius 2 is 1.37 bits per heavy atom. The fourth-order valence-corrected chi connectivity index (χ4v) is 2.34. The zero-order chi connectivity index (χ0) is 20.0. The number of rotatable bonds is 17. The third-order valence-electron chi connectivity index (χ3n) is 3.90. The van der Waals surface area contributed by atoms with Gasteiger partial charge in [0.25, 0.3) is 0 Å². The Balaban J connectivity index is 3.50. The number of unbranched alkanes of at least 4 members (excludes halogenated alkanes) is 3. The molecule has 0 rings (SSSR count). The SMILES string of the molecule is CC/C=C\C/C=C\C/C=C\CCCC/C=C\C=CCCOC(CC)C(=O)O. The summed E-state index contributed by atoms with van der Waals surface area (Å²) in [7, 11) is 0. The van der Waals surface area contributed by atoms with Gasteiger partial charge in [-0.05, 0) is 57.8 Å². The van der Waals surface area contributed by atoms with Crippen molar-refractivity contribution in [1.82, 2.24) is 0 Å². The van der Waals surface area contributed by atoms with Crippen LogP contribution in [0.3, 0.4) is 0 Å². The van der Waals surface area contributed by atoms with Gasteiger partial charge in [0.05, 0.1) is 6.61 Å². The molecule has 0 fully saturated rings. The Labute approximate surface area is 166 Å². The van der Waals surface area contributed by atoms with Crippen molar-refractivity contribution in [3.05, 3.63) is 60.8 Å². The molecule has 0 heterocycles. The number of hydrogen-bond donors (Lipinski definition) is 1. The third kappa shape index (κ3) is 18.7. The van der Waals surface area contributed by atoms with Gasteiger partial charge in [-0.15, -0.1) is 0 Å². The van der Waals surface area contributed by atoms with Crippen molar-refractivity contribution >= 4 is 5.97 Å². The molecule has 0 aromatic carbocycles. The van der Waals surface area contributed by atoms with Crippen LogP contribution in [0.4, 0.5) is 0 Å². The molecule has 1 atom stereocenters. The molecular weight excluding hydrogens is 336 g/mol. The molecule has 0 saturated carbocycles. The molecule has 0 aliphatic carbocycles. The number of carbonyl (C=O) groups is 1. The van der Waals surface area contributed by atoms with Gasteiger partial charge in [0, 0.05) is 0 Å². The van der Waals surface area contributed by atoms with Gasteiger partial charge in [0.1, 0.15) is 0 Å². The molecule has 0 bridgehead atoms. The second kappa shape index (κ2) is 20.4. The number of ether oxygens (including phenoxy) is 1. The summed E-state index contributed by atoms with van der Waals surface area (Å²) in [5, 5.41) is 8.86. The van der Waals surface area contributed by atoms with Gasteiger partial charge in [-0.3, -0.25) is 0 Å². The molecule has 1 unspecified atom stereocenters. The zero-order valence-electron chi connectivity index (χ0n) is 17.2. The summed E-state index contributed by atoms with van der Waals surface area (Å²) in [6.07, 6.45) is 30.0. The molecule has 0 amide bonds. The molecule has 3 nitrogen and oxygen atoms in total. The van der Waals surface area contributed by atoms with Gasteiger partial charge < -0.3 is 9.84 Å². The molecule has 27 heavy (non-hydrogen) atoms. The lowest BCUT2D eigenvalue weighted by atomic mass is 10.1. The molecule has 0 aromatic rings. The van der Waals surface area contributed by atoms with E-state index in [1.54, 1.807) is 0 Å². The van der Waals surface area contributed by atoms with Gasteiger partial charge in [-0.1, -0.05) is 74.6 Å². The van der Waals surface area contributed by atoms with Crippen molar-refractivity contribution in [3.8, 4) is 0 Å². The molecule has 1 N–H and O–H groups in total. The van der Waals surface area contributed by atoms with Crippen LogP contribution in [0.5, 0.6) is 0 Å². The van der Waals surface area contributed by atoms with E-state index in [-0.39, 0.29) is 0 Å². The predicted octanol–water partition coefficient (Wildman–Crippen LogP) is 6.79. The van der Waals surface area contributed by atoms with E-state index in [1.807, 2.05) is 19.1 Å². The fraction of sp³-hybridized carbons (Fsp3) is 0.542. The largest absolute Gasteiger partial charge is 0.479 e. The Kier molecular flexibility index (Phi) is 19.0. The topological polar surface area (TPSA) is 46.5 Å². The van der Waals surface area contributed by atoms with Gasteiger partial charge >= 0.3 is 5.97 Å². The van der Waals surface area contributed by atoms with Crippen LogP contribution >= 0.6 is 0 Å². The maximum Gasteiger partial charge on any atom is 0.332 e. The van der Waals surface area contributed by atoms with Crippen molar-refractivity contribution in [1.29, 1.82) is 0 Å². The second-order valence-corrected chi connectivity index (χ2v) is 6.33. The normalized spacial score (nSPS) is 13.9. The van der Waals surface area contributed by atoms with Crippen molar-refractivity contribution < 1.29 is 14.6 Å². The Morgan fingerprint density at radius 3 is 1.96 bits per heavy atom. The number of aliphatic carboxylic acids is 1. The maximum absolute atomic E-state index is 10.8. The highest BCUT2D eigenvalue weighted by atomic mass is 16.5. The predicted molar refractivity (Wildman–Crippen MR) is 116 cm³/mol. The van der Waals surface area contributed by atoms with Crippen molar-refractivity contribution in [2.24, 2.45) is 0 Å². The smallest absolute Gasteiger partial charge is 0.332 e. The lowest BCUT2D eigenvalue weighted by Crippen LogP contribution is -2.23. The van der Waals surface area contributed by atoms with Crippen LogP contribution in [0.15, 0.2) is 60.8 Å². The van der Waals surface area contributed by atoms with Crippen LogP contribution in [0.1, 0.15) is 71.6 Å². The average molecular weight is 375 g/mol. The molecule has 0 aliphatic heterocycles. The quantitative estimate of drug-likeness (QED) is 0.173. The van der Waals surface area contributed by atoms with E-state index in [0.29, 0.717) is 13.0 Å². The lowest BCUT2D eigenvalue weighted by Gasteiger charge is -2.09. The fourth-order valence-electron chi connectivity index (χ4n) is 2.34. The highest BCUT2D eigenvalue weighted by Crippen LogP contribution is 2.03. The molecule has 0 spiro atoms. The Bertz CT molecular complexity index is 484. The maximum atomic E-state index is 10.8. The van der Waals surface area contributed by atoms with Crippen LogP contribution in [0.2, 0.25) is 0 Å². The number of allylic oxidation sites excluding steroid dienone is 9. The van der Waals surface area contributed by atoms with E-state index >= 15 is 0 Å². The summed E-state index contributed by atoms with van der Waals surface area (Å²) in [4.78, 5) is 10.8. The second-order valence-electron chi connectivity index (χ2n) is 6.33. The zero-order valence-corrected chi connectivity index (χ0v) is 17.2. The molecular formula is C24H38O3. The van der Waals surface area contributed by atoms with Gasteiger partial charge in [-0.25, -0.2) is 4.79 Å². The first-order chi connectivity index (χ1) is 13.2. The minimum Gasteiger partial charge on any atom is -0.479 e. The van der Waals surface area contributed by atoms with Crippen LogP contribution in [-0.2, 0) is 9.53 Å². The van der Waals surface area contributed by atoms with E-state index in [1.165, 1.54) is 12.8 Å². The first kappa shape index (κ1) is 25.1. The Hall–Kier alpha value is -1.87. The van der Waals surface area contributed by atoms with E-state index in [9.17, 15) is 4.79 Å². The van der Waals surface area contributed by atoms with Crippen molar-refractivity contribution in [2.75, 3.05) is 6.61 Å². The third-order valence-corrected chi connectivity index (χ3v) is 3.90. The molecule has 3 heteroatoms. The monoisotopic (exact) mass is 374 g/mol. The summed E-state index contributed by atoms with van der Waals surface area (Å²) in [5.74, 6) is -0.882. The highest BCUT2D eigenvalue weighted by Gasteiger charge is 2.13. The van der Waals surface area contributed by atoms with Crippen LogP contribution in [0, 0.1) is 0 Å². The minimum atomic E-state index is -0.882. The number of carboxylic acid groups (broad SMARTS) is 1. The van der Waals surface area contributed by atoms with Crippen molar-refractivity contribution in [3.63, 3.8) is 0 Å².